The molecule has 3 rings (SSSR count). The van der Waals surface area contributed by atoms with Crippen LogP contribution in [0.1, 0.15) is 0 Å². The SMILES string of the molecule is O=C(O)C1C2C(=O)N(c3ccc(O)cc3)C(=O)C12. The molecular formula is C12H9NO5. The zero-order valence-electron chi connectivity index (χ0n) is 9.11. The molecule has 1 aromatic rings. The van der Waals surface area contributed by atoms with Crippen molar-refractivity contribution < 1.29 is 24.6 Å². The van der Waals surface area contributed by atoms with Gasteiger partial charge in [0.2, 0.25) is 11.8 Å². The van der Waals surface area contributed by atoms with Crippen LogP contribution in [0.15, 0.2) is 24.3 Å². The molecule has 1 saturated heterocycles. The maximum Gasteiger partial charge on any atom is 0.308 e. The zero-order chi connectivity index (χ0) is 13.0. The molecule has 2 atom stereocenters. The second-order valence-corrected chi connectivity index (χ2v) is 4.44. The average Bonchev–Trinajstić information content (AvgIpc) is 3.01. The Hall–Kier alpha value is -2.37. The Morgan fingerprint density at radius 1 is 1.06 bits per heavy atom. The van der Waals surface area contributed by atoms with Crippen LogP contribution in [-0.4, -0.2) is 28.0 Å². The molecule has 2 aliphatic rings. The molecule has 1 saturated carbocycles. The molecule has 18 heavy (non-hydrogen) atoms. The summed E-state index contributed by atoms with van der Waals surface area (Å²) in [6.45, 7) is 0. The number of aromatic hydroxyl groups is 1. The molecular weight excluding hydrogens is 238 g/mol. The Balaban J connectivity index is 1.90. The van der Waals surface area contributed by atoms with Gasteiger partial charge in [0.25, 0.3) is 0 Å². The molecule has 0 aromatic heterocycles. The van der Waals surface area contributed by atoms with Crippen molar-refractivity contribution in [1.29, 1.82) is 0 Å². The molecule has 92 valence electrons. The third kappa shape index (κ3) is 1.25. The van der Waals surface area contributed by atoms with Crippen LogP contribution in [0.2, 0.25) is 0 Å². The molecule has 1 aliphatic carbocycles. The minimum atomic E-state index is -1.10. The average molecular weight is 247 g/mol. The topological polar surface area (TPSA) is 94.9 Å². The van der Waals surface area contributed by atoms with E-state index in [1.807, 2.05) is 0 Å². The molecule has 1 aromatic carbocycles. The molecule has 0 spiro atoms. The third-order valence-electron chi connectivity index (χ3n) is 3.42. The number of aliphatic carboxylic acids is 1. The number of phenolic OH excluding ortho intramolecular Hbond substituents is 1. The fraction of sp³-hybridized carbons (Fsp3) is 0.250. The van der Waals surface area contributed by atoms with Gasteiger partial charge in [-0.3, -0.25) is 19.3 Å². The summed E-state index contributed by atoms with van der Waals surface area (Å²) in [6, 6.07) is 5.64. The number of piperidine rings is 1. The smallest absolute Gasteiger partial charge is 0.308 e. The molecule has 2 fully saturated rings. The maximum atomic E-state index is 11.9. The highest BCUT2D eigenvalue weighted by molar-refractivity contribution is 6.27. The van der Waals surface area contributed by atoms with Gasteiger partial charge in [-0.1, -0.05) is 0 Å². The van der Waals surface area contributed by atoms with Crippen molar-refractivity contribution in [2.24, 2.45) is 17.8 Å². The maximum absolute atomic E-state index is 11.9. The van der Waals surface area contributed by atoms with Gasteiger partial charge in [0.05, 0.1) is 23.4 Å². The van der Waals surface area contributed by atoms with E-state index in [4.69, 9.17) is 10.2 Å². The van der Waals surface area contributed by atoms with Crippen LogP contribution in [0, 0.1) is 17.8 Å². The van der Waals surface area contributed by atoms with Crippen LogP contribution in [0.25, 0.3) is 0 Å². The van der Waals surface area contributed by atoms with E-state index in [9.17, 15) is 14.4 Å². The first-order valence-electron chi connectivity index (χ1n) is 5.42. The summed E-state index contributed by atoms with van der Waals surface area (Å²) < 4.78 is 0. The van der Waals surface area contributed by atoms with E-state index >= 15 is 0 Å². The number of rotatable bonds is 2. The highest BCUT2D eigenvalue weighted by Crippen LogP contribution is 2.54. The van der Waals surface area contributed by atoms with Crippen LogP contribution in [0.5, 0.6) is 5.75 Å². The lowest BCUT2D eigenvalue weighted by atomic mass is 10.2. The van der Waals surface area contributed by atoms with Crippen molar-refractivity contribution in [3.05, 3.63) is 24.3 Å². The van der Waals surface area contributed by atoms with E-state index in [-0.39, 0.29) is 5.75 Å². The minimum Gasteiger partial charge on any atom is -0.508 e. The van der Waals surface area contributed by atoms with Gasteiger partial charge in [0.15, 0.2) is 0 Å². The van der Waals surface area contributed by atoms with Crippen molar-refractivity contribution in [3.63, 3.8) is 0 Å². The molecule has 2 N–H and O–H groups in total. The van der Waals surface area contributed by atoms with Gasteiger partial charge < -0.3 is 10.2 Å². The van der Waals surface area contributed by atoms with Crippen LogP contribution in [0.3, 0.4) is 0 Å². The first-order valence-corrected chi connectivity index (χ1v) is 5.42. The number of fused-ring (bicyclic) bond motifs is 1. The van der Waals surface area contributed by atoms with Gasteiger partial charge in [-0.05, 0) is 24.3 Å². The lowest BCUT2D eigenvalue weighted by Crippen LogP contribution is -2.35. The largest absolute Gasteiger partial charge is 0.508 e. The second-order valence-electron chi connectivity index (χ2n) is 4.44. The summed E-state index contributed by atoms with van der Waals surface area (Å²) in [6.07, 6.45) is 0. The standard InChI is InChI=1S/C12H9NO5/c14-6-3-1-5(2-4-6)13-10(15)7-8(11(13)16)9(7)12(17)18/h1-4,7-9,14H,(H,17,18). The second kappa shape index (κ2) is 3.32. The number of imide groups is 1. The predicted octanol–water partition coefficient (Wildman–Crippen LogP) is 0.212. The van der Waals surface area contributed by atoms with Gasteiger partial charge in [0, 0.05) is 0 Å². The van der Waals surface area contributed by atoms with E-state index < -0.39 is 35.5 Å². The molecule has 0 radical (unpaired) electrons. The van der Waals surface area contributed by atoms with Gasteiger partial charge in [0.1, 0.15) is 5.75 Å². The first kappa shape index (κ1) is 10.8. The van der Waals surface area contributed by atoms with E-state index in [2.05, 4.69) is 0 Å². The number of amides is 2. The van der Waals surface area contributed by atoms with Crippen molar-refractivity contribution in [3.8, 4) is 5.75 Å². The van der Waals surface area contributed by atoms with E-state index in [0.29, 0.717) is 5.69 Å². The number of benzene rings is 1. The number of nitrogens with zero attached hydrogens (tertiary/aromatic N) is 1. The molecule has 6 nitrogen and oxygen atoms in total. The van der Waals surface area contributed by atoms with Gasteiger partial charge in [-0.25, -0.2) is 0 Å². The Bertz CT molecular complexity index is 542. The molecule has 6 heteroatoms. The van der Waals surface area contributed by atoms with Crippen LogP contribution < -0.4 is 4.90 Å². The number of carbonyl (C=O) groups excluding carboxylic acids is 2. The van der Waals surface area contributed by atoms with Crippen LogP contribution in [0.4, 0.5) is 5.69 Å². The zero-order valence-corrected chi connectivity index (χ0v) is 9.11. The Labute approximate surface area is 101 Å². The number of hydrogen-bond donors (Lipinski definition) is 2. The summed E-state index contributed by atoms with van der Waals surface area (Å²) in [5.41, 5.74) is 0.360. The number of carboxylic acids is 1. The van der Waals surface area contributed by atoms with Gasteiger partial charge >= 0.3 is 5.97 Å². The molecule has 2 amide bonds. The lowest BCUT2D eigenvalue weighted by Gasteiger charge is -2.17. The number of carbonyl (C=O) groups is 3. The number of carboxylic acid groups (broad SMARTS) is 1. The quantitative estimate of drug-likeness (QED) is 0.728. The lowest BCUT2D eigenvalue weighted by molar-refractivity contribution is -0.142. The summed E-state index contributed by atoms with van der Waals surface area (Å²) in [5, 5.41) is 18.0. The highest BCUT2D eigenvalue weighted by Gasteiger charge is 2.70. The highest BCUT2D eigenvalue weighted by atomic mass is 16.4. The van der Waals surface area contributed by atoms with Gasteiger partial charge in [-0.2, -0.15) is 0 Å². The van der Waals surface area contributed by atoms with Crippen LogP contribution >= 0.6 is 0 Å². The monoisotopic (exact) mass is 247 g/mol. The van der Waals surface area contributed by atoms with E-state index in [1.165, 1.54) is 24.3 Å². The minimum absolute atomic E-state index is 0.0337. The predicted molar refractivity (Wildman–Crippen MR) is 58.7 cm³/mol. The van der Waals surface area contributed by atoms with E-state index in [0.717, 1.165) is 4.90 Å². The first-order chi connectivity index (χ1) is 8.52. The molecule has 1 aliphatic heterocycles. The van der Waals surface area contributed by atoms with Crippen molar-refractivity contribution >= 4 is 23.5 Å². The fourth-order valence-electron chi connectivity index (χ4n) is 2.50. The Kier molecular flexibility index (Phi) is 1.98. The fourth-order valence-corrected chi connectivity index (χ4v) is 2.50. The summed E-state index contributed by atoms with van der Waals surface area (Å²) in [4.78, 5) is 35.7. The number of anilines is 1. The number of phenols is 1. The Morgan fingerprint density at radius 3 is 2.00 bits per heavy atom. The summed E-state index contributed by atoms with van der Waals surface area (Å²) in [5.74, 6) is -4.30. The van der Waals surface area contributed by atoms with Crippen LogP contribution in [-0.2, 0) is 14.4 Å². The van der Waals surface area contributed by atoms with Crippen molar-refractivity contribution in [1.82, 2.24) is 0 Å². The molecule has 1 heterocycles. The normalized spacial score (nSPS) is 29.3. The molecule has 0 bridgehead atoms. The molecule has 2 unspecified atom stereocenters. The van der Waals surface area contributed by atoms with Crippen molar-refractivity contribution in [2.45, 2.75) is 0 Å². The third-order valence-corrected chi connectivity index (χ3v) is 3.42. The summed E-state index contributed by atoms with van der Waals surface area (Å²) in [7, 11) is 0. The van der Waals surface area contributed by atoms with Gasteiger partial charge in [-0.15, -0.1) is 0 Å². The Morgan fingerprint density at radius 2 is 1.56 bits per heavy atom. The van der Waals surface area contributed by atoms with Crippen molar-refractivity contribution in [2.75, 3.05) is 4.90 Å². The summed E-state index contributed by atoms with van der Waals surface area (Å²) >= 11 is 0. The van der Waals surface area contributed by atoms with E-state index in [1.54, 1.807) is 0 Å². The number of hydrogen-bond acceptors (Lipinski definition) is 4.